The average Bonchev–Trinajstić information content (AvgIpc) is 3.44. The molecule has 34 heavy (non-hydrogen) atoms. The van der Waals surface area contributed by atoms with Crippen molar-refractivity contribution >= 4 is 45.9 Å². The fraction of sp³-hybridized carbons (Fsp3) is 0.280. The Morgan fingerprint density at radius 2 is 2.00 bits per heavy atom. The molecule has 1 N–H and O–H groups in total. The van der Waals surface area contributed by atoms with Crippen molar-refractivity contribution < 1.29 is 18.7 Å². The number of rotatable bonds is 7. The zero-order chi connectivity index (χ0) is 23.5. The molecule has 5 rings (SSSR count). The Morgan fingerprint density at radius 3 is 2.85 bits per heavy atom. The van der Waals surface area contributed by atoms with Crippen LogP contribution in [0.1, 0.15) is 51.1 Å². The number of para-hydroxylation sites is 1. The van der Waals surface area contributed by atoms with Gasteiger partial charge in [-0.15, -0.1) is 10.2 Å². The van der Waals surface area contributed by atoms with Crippen molar-refractivity contribution in [1.29, 1.82) is 0 Å². The van der Waals surface area contributed by atoms with E-state index in [2.05, 4.69) is 21.6 Å². The summed E-state index contributed by atoms with van der Waals surface area (Å²) in [6.07, 6.45) is 2.89. The second-order valence-corrected chi connectivity index (χ2v) is 10.5. The van der Waals surface area contributed by atoms with Gasteiger partial charge in [-0.1, -0.05) is 65.6 Å². The van der Waals surface area contributed by atoms with Gasteiger partial charge in [-0.25, -0.2) is 4.79 Å². The van der Waals surface area contributed by atoms with Crippen molar-refractivity contribution in [1.82, 2.24) is 15.5 Å². The maximum absolute atomic E-state index is 12.9. The first kappa shape index (κ1) is 22.6. The number of thioether (sulfide) groups is 1. The highest BCUT2D eigenvalue weighted by Crippen LogP contribution is 2.33. The zero-order valence-electron chi connectivity index (χ0n) is 18.6. The first-order valence-electron chi connectivity index (χ1n) is 11.1. The van der Waals surface area contributed by atoms with Gasteiger partial charge < -0.3 is 14.5 Å². The topological polar surface area (TPSA) is 94.3 Å². The standard InChI is InChI=1S/C25H23N3O4S2/c1-15-27-28-25(34-15)33-14-19-18-10-4-5-12-21(18)32-23(19)24(30)31-13-22(29)26-20-11-6-8-16-7-2-3-9-17(16)20/h2-5,7,9-10,12,20H,6,8,11,13-14H2,1H3,(H,26,29). The molecule has 0 bridgehead atoms. The molecule has 0 saturated carbocycles. The van der Waals surface area contributed by atoms with E-state index in [0.29, 0.717) is 11.3 Å². The van der Waals surface area contributed by atoms with Gasteiger partial charge in [-0.2, -0.15) is 0 Å². The molecule has 1 unspecified atom stereocenters. The number of hydrogen-bond acceptors (Lipinski definition) is 8. The molecule has 9 heteroatoms. The van der Waals surface area contributed by atoms with Crippen LogP contribution in [0.2, 0.25) is 0 Å². The molecule has 0 radical (unpaired) electrons. The molecule has 1 atom stereocenters. The fourth-order valence-corrected chi connectivity index (χ4v) is 6.06. The van der Waals surface area contributed by atoms with E-state index in [4.69, 9.17) is 9.15 Å². The predicted octanol–water partition coefficient (Wildman–Crippen LogP) is 5.24. The van der Waals surface area contributed by atoms with E-state index in [-0.39, 0.29) is 24.3 Å². The highest BCUT2D eigenvalue weighted by molar-refractivity contribution is 8.00. The SMILES string of the molecule is Cc1nnc(SCc2c(C(=O)OCC(=O)NC3CCCc4ccccc43)oc3ccccc23)s1. The first-order valence-corrected chi connectivity index (χ1v) is 12.9. The number of benzene rings is 2. The second-order valence-electron chi connectivity index (χ2n) is 8.07. The van der Waals surface area contributed by atoms with Gasteiger partial charge in [0.05, 0.1) is 6.04 Å². The molecule has 1 aliphatic rings. The maximum atomic E-state index is 12.9. The van der Waals surface area contributed by atoms with E-state index in [1.807, 2.05) is 49.4 Å². The summed E-state index contributed by atoms with van der Waals surface area (Å²) in [6, 6.07) is 15.5. The van der Waals surface area contributed by atoms with E-state index >= 15 is 0 Å². The third-order valence-electron chi connectivity index (χ3n) is 5.77. The third-order valence-corrected chi connectivity index (χ3v) is 7.77. The number of furan rings is 1. The van der Waals surface area contributed by atoms with Gasteiger partial charge in [0, 0.05) is 16.7 Å². The highest BCUT2D eigenvalue weighted by Gasteiger charge is 2.25. The van der Waals surface area contributed by atoms with Crippen molar-refractivity contribution in [3.05, 3.63) is 76.0 Å². The molecule has 0 aliphatic heterocycles. The van der Waals surface area contributed by atoms with E-state index in [0.717, 1.165) is 45.1 Å². The number of nitrogens with zero attached hydrogens (tertiary/aromatic N) is 2. The average molecular weight is 494 g/mol. The van der Waals surface area contributed by atoms with Crippen molar-refractivity contribution in [2.75, 3.05) is 6.61 Å². The van der Waals surface area contributed by atoms with Gasteiger partial charge in [-0.3, -0.25) is 4.79 Å². The molecule has 7 nitrogen and oxygen atoms in total. The van der Waals surface area contributed by atoms with Crippen LogP contribution < -0.4 is 5.32 Å². The fourth-order valence-electron chi connectivity index (χ4n) is 4.21. The molecular formula is C25H23N3O4S2. The van der Waals surface area contributed by atoms with Crippen LogP contribution in [0.5, 0.6) is 0 Å². The number of nitrogens with one attached hydrogen (secondary N) is 1. The molecule has 2 heterocycles. The molecule has 1 amide bonds. The minimum atomic E-state index is -0.653. The predicted molar refractivity (Wildman–Crippen MR) is 131 cm³/mol. The van der Waals surface area contributed by atoms with E-state index in [1.54, 1.807) is 0 Å². The molecule has 0 spiro atoms. The van der Waals surface area contributed by atoms with E-state index in [9.17, 15) is 9.59 Å². The minimum Gasteiger partial charge on any atom is -0.450 e. The highest BCUT2D eigenvalue weighted by atomic mass is 32.2. The molecule has 2 aromatic carbocycles. The molecular weight excluding hydrogens is 470 g/mol. The van der Waals surface area contributed by atoms with Crippen molar-refractivity contribution in [2.24, 2.45) is 0 Å². The number of aromatic nitrogens is 2. The van der Waals surface area contributed by atoms with Gasteiger partial charge in [0.1, 0.15) is 10.6 Å². The van der Waals surface area contributed by atoms with Gasteiger partial charge in [0.2, 0.25) is 5.76 Å². The summed E-state index contributed by atoms with van der Waals surface area (Å²) >= 11 is 2.98. The van der Waals surface area contributed by atoms with Crippen LogP contribution in [0.3, 0.4) is 0 Å². The van der Waals surface area contributed by atoms with Crippen LogP contribution in [-0.2, 0) is 21.7 Å². The number of hydrogen-bond donors (Lipinski definition) is 1. The third kappa shape index (κ3) is 4.85. The normalized spacial score (nSPS) is 15.1. The van der Waals surface area contributed by atoms with E-state index in [1.165, 1.54) is 28.7 Å². The van der Waals surface area contributed by atoms with Crippen molar-refractivity contribution in [3.63, 3.8) is 0 Å². The van der Waals surface area contributed by atoms with Gasteiger partial charge >= 0.3 is 5.97 Å². The summed E-state index contributed by atoms with van der Waals surface area (Å²) in [5.41, 5.74) is 3.71. The van der Waals surface area contributed by atoms with Crippen molar-refractivity contribution in [3.8, 4) is 0 Å². The van der Waals surface area contributed by atoms with Gasteiger partial charge in [0.15, 0.2) is 10.9 Å². The molecule has 0 fully saturated rings. The molecule has 4 aromatic rings. The summed E-state index contributed by atoms with van der Waals surface area (Å²) in [7, 11) is 0. The largest absolute Gasteiger partial charge is 0.450 e. The Bertz CT molecular complexity index is 1350. The number of esters is 1. The van der Waals surface area contributed by atoms with E-state index < -0.39 is 5.97 Å². The van der Waals surface area contributed by atoms with Crippen LogP contribution in [0.4, 0.5) is 0 Å². The summed E-state index contributed by atoms with van der Waals surface area (Å²) in [5.74, 6) is -0.391. The number of fused-ring (bicyclic) bond motifs is 2. The number of amides is 1. The van der Waals surface area contributed by atoms with Crippen LogP contribution >= 0.6 is 23.1 Å². The van der Waals surface area contributed by atoms with Crippen molar-refractivity contribution in [2.45, 2.75) is 42.3 Å². The molecule has 1 aliphatic carbocycles. The quantitative estimate of drug-likeness (QED) is 0.278. The lowest BCUT2D eigenvalue weighted by molar-refractivity contribution is -0.125. The van der Waals surface area contributed by atoms with Gasteiger partial charge in [0.25, 0.3) is 5.91 Å². The van der Waals surface area contributed by atoms with Crippen LogP contribution in [0, 0.1) is 6.92 Å². The number of aryl methyl sites for hydroxylation is 2. The zero-order valence-corrected chi connectivity index (χ0v) is 20.2. The summed E-state index contributed by atoms with van der Waals surface area (Å²) in [6.45, 7) is 1.53. The van der Waals surface area contributed by atoms with Crippen LogP contribution in [0.15, 0.2) is 57.3 Å². The van der Waals surface area contributed by atoms with Crippen LogP contribution in [0.25, 0.3) is 11.0 Å². The lowest BCUT2D eigenvalue weighted by Gasteiger charge is -2.26. The Morgan fingerprint density at radius 1 is 1.18 bits per heavy atom. The Hall–Kier alpha value is -3.17. The summed E-state index contributed by atoms with van der Waals surface area (Å²) in [4.78, 5) is 25.5. The molecule has 0 saturated heterocycles. The summed E-state index contributed by atoms with van der Waals surface area (Å²) < 4.78 is 12.0. The Kier molecular flexibility index (Phi) is 6.64. The monoisotopic (exact) mass is 493 g/mol. The summed E-state index contributed by atoms with van der Waals surface area (Å²) in [5, 5.41) is 12.9. The number of carbonyl (C=O) groups excluding carboxylic acids is 2. The smallest absolute Gasteiger partial charge is 0.375 e. The Labute approximate surface area is 204 Å². The second kappa shape index (κ2) is 9.99. The molecule has 174 valence electrons. The minimum absolute atomic E-state index is 0.0651. The van der Waals surface area contributed by atoms with Gasteiger partial charge in [-0.05, 0) is 43.4 Å². The maximum Gasteiger partial charge on any atom is 0.375 e. The number of carbonyl (C=O) groups is 2. The number of ether oxygens (including phenoxy) is 1. The first-order chi connectivity index (χ1) is 16.6. The van der Waals surface area contributed by atoms with Crippen LogP contribution in [-0.4, -0.2) is 28.7 Å². The Balaban J connectivity index is 1.27. The molecule has 2 aromatic heterocycles. The lowest BCUT2D eigenvalue weighted by atomic mass is 9.88. The lowest BCUT2D eigenvalue weighted by Crippen LogP contribution is -2.34.